The molecule has 0 amide bonds. The van der Waals surface area contributed by atoms with Gasteiger partial charge in [0.25, 0.3) is 0 Å². The van der Waals surface area contributed by atoms with E-state index in [1.165, 1.54) is 0 Å². The lowest BCUT2D eigenvalue weighted by Crippen LogP contribution is -2.04. The number of nitrogens with two attached hydrogens (primary N) is 1. The van der Waals surface area contributed by atoms with Gasteiger partial charge in [0.2, 0.25) is 0 Å². The van der Waals surface area contributed by atoms with E-state index < -0.39 is 0 Å². The van der Waals surface area contributed by atoms with Gasteiger partial charge in [-0.3, -0.25) is 0 Å². The summed E-state index contributed by atoms with van der Waals surface area (Å²) in [5.41, 5.74) is 8.84. The highest BCUT2D eigenvalue weighted by atomic mass is 35.5. The normalized spacial score (nSPS) is 12.2. The van der Waals surface area contributed by atoms with E-state index in [9.17, 15) is 0 Å². The summed E-state index contributed by atoms with van der Waals surface area (Å²) in [5.74, 6) is 0.603. The second kappa shape index (κ2) is 6.49. The molecule has 106 valence electrons. The third-order valence-corrected chi connectivity index (χ3v) is 3.65. The van der Waals surface area contributed by atoms with E-state index in [0.29, 0.717) is 22.4 Å². The molecule has 2 aromatic carbocycles. The van der Waals surface area contributed by atoms with E-state index in [0.717, 1.165) is 16.7 Å². The summed E-state index contributed by atoms with van der Waals surface area (Å²) in [7, 11) is 0. The van der Waals surface area contributed by atoms with E-state index in [4.69, 9.17) is 33.7 Å². The molecule has 20 heavy (non-hydrogen) atoms. The Kier molecular flexibility index (Phi) is 4.92. The summed E-state index contributed by atoms with van der Waals surface area (Å²) in [6.45, 7) is 4.41. The van der Waals surface area contributed by atoms with Crippen LogP contribution in [0, 0.1) is 0 Å². The van der Waals surface area contributed by atoms with Crippen LogP contribution in [0.25, 0.3) is 11.1 Å². The van der Waals surface area contributed by atoms with Crippen LogP contribution in [0.15, 0.2) is 36.4 Å². The summed E-state index contributed by atoms with van der Waals surface area (Å²) in [6.07, 6.45) is 0. The van der Waals surface area contributed by atoms with E-state index in [1.54, 1.807) is 6.07 Å². The van der Waals surface area contributed by atoms with Crippen molar-refractivity contribution in [1.29, 1.82) is 0 Å². The summed E-state index contributed by atoms with van der Waals surface area (Å²) >= 11 is 12.6. The highest BCUT2D eigenvalue weighted by Crippen LogP contribution is 2.37. The maximum absolute atomic E-state index is 6.33. The smallest absolute Gasteiger partial charge is 0.139 e. The third kappa shape index (κ3) is 3.26. The first-order chi connectivity index (χ1) is 9.52. The molecule has 0 aliphatic heterocycles. The fourth-order valence-corrected chi connectivity index (χ4v) is 2.49. The van der Waals surface area contributed by atoms with Crippen molar-refractivity contribution in [1.82, 2.24) is 0 Å². The maximum atomic E-state index is 6.33. The zero-order valence-corrected chi connectivity index (χ0v) is 13.0. The number of benzene rings is 2. The van der Waals surface area contributed by atoms with Crippen molar-refractivity contribution in [2.24, 2.45) is 5.73 Å². The van der Waals surface area contributed by atoms with Gasteiger partial charge in [0, 0.05) is 17.7 Å². The number of hydrogen-bond acceptors (Lipinski definition) is 2. The van der Waals surface area contributed by atoms with Crippen LogP contribution in [0.4, 0.5) is 0 Å². The average molecular weight is 310 g/mol. The lowest BCUT2D eigenvalue weighted by atomic mass is 10.0. The molecule has 0 saturated heterocycles. The minimum Gasteiger partial charge on any atom is -0.492 e. The molecule has 1 unspecified atom stereocenters. The van der Waals surface area contributed by atoms with Crippen molar-refractivity contribution in [2.45, 2.75) is 19.9 Å². The first kappa shape index (κ1) is 15.2. The van der Waals surface area contributed by atoms with E-state index in [-0.39, 0.29) is 6.04 Å². The zero-order chi connectivity index (χ0) is 14.7. The highest BCUT2D eigenvalue weighted by molar-refractivity contribution is 6.36. The Hall–Kier alpha value is -1.22. The van der Waals surface area contributed by atoms with Gasteiger partial charge in [0.15, 0.2) is 0 Å². The molecule has 2 nitrogen and oxygen atoms in total. The zero-order valence-electron chi connectivity index (χ0n) is 11.5. The van der Waals surface area contributed by atoms with E-state index in [1.807, 2.05) is 44.2 Å². The Morgan fingerprint density at radius 2 is 1.90 bits per heavy atom. The monoisotopic (exact) mass is 309 g/mol. The largest absolute Gasteiger partial charge is 0.492 e. The molecule has 0 bridgehead atoms. The van der Waals surface area contributed by atoms with Crippen molar-refractivity contribution in [3.05, 3.63) is 52.0 Å². The van der Waals surface area contributed by atoms with Crippen LogP contribution >= 0.6 is 23.2 Å². The molecule has 0 saturated carbocycles. The lowest BCUT2D eigenvalue weighted by molar-refractivity contribution is 0.340. The van der Waals surface area contributed by atoms with Crippen molar-refractivity contribution >= 4 is 23.2 Å². The first-order valence-corrected chi connectivity index (χ1v) is 7.26. The molecule has 0 aromatic heterocycles. The number of halogens is 2. The van der Waals surface area contributed by atoms with Crippen LogP contribution in [-0.2, 0) is 0 Å². The average Bonchev–Trinajstić information content (AvgIpc) is 2.43. The molecule has 1 atom stereocenters. The van der Waals surface area contributed by atoms with Crippen LogP contribution in [0.5, 0.6) is 5.75 Å². The molecule has 0 heterocycles. The van der Waals surface area contributed by atoms with Gasteiger partial charge < -0.3 is 10.5 Å². The van der Waals surface area contributed by atoms with Gasteiger partial charge in [-0.15, -0.1) is 0 Å². The summed E-state index contributed by atoms with van der Waals surface area (Å²) in [6, 6.07) is 11.5. The second-order valence-corrected chi connectivity index (χ2v) is 5.42. The Morgan fingerprint density at radius 3 is 2.55 bits per heavy atom. The van der Waals surface area contributed by atoms with Gasteiger partial charge in [0.05, 0.1) is 16.7 Å². The molecule has 0 aliphatic carbocycles. The summed E-state index contributed by atoms with van der Waals surface area (Å²) in [4.78, 5) is 0. The van der Waals surface area contributed by atoms with Crippen LogP contribution < -0.4 is 10.5 Å². The molecule has 2 N–H and O–H groups in total. The minimum absolute atomic E-state index is 0.0214. The van der Waals surface area contributed by atoms with Crippen LogP contribution in [0.2, 0.25) is 10.0 Å². The first-order valence-electron chi connectivity index (χ1n) is 6.50. The molecular formula is C16H17Cl2NO. The highest BCUT2D eigenvalue weighted by Gasteiger charge is 2.11. The molecule has 0 radical (unpaired) electrons. The minimum atomic E-state index is -0.0214. The molecule has 0 spiro atoms. The van der Waals surface area contributed by atoms with Gasteiger partial charge in [-0.2, -0.15) is 0 Å². The topological polar surface area (TPSA) is 35.2 Å². The summed E-state index contributed by atoms with van der Waals surface area (Å²) in [5, 5.41) is 1.16. The van der Waals surface area contributed by atoms with Crippen molar-refractivity contribution in [3.8, 4) is 16.9 Å². The molecular weight excluding hydrogens is 293 g/mol. The quantitative estimate of drug-likeness (QED) is 0.855. The van der Waals surface area contributed by atoms with Crippen molar-refractivity contribution < 1.29 is 4.74 Å². The predicted molar refractivity (Wildman–Crippen MR) is 85.7 cm³/mol. The third-order valence-electron chi connectivity index (χ3n) is 3.04. The number of rotatable bonds is 4. The van der Waals surface area contributed by atoms with Gasteiger partial charge in [0.1, 0.15) is 5.75 Å². The summed E-state index contributed by atoms with van der Waals surface area (Å²) < 4.78 is 5.43. The molecule has 4 heteroatoms. The van der Waals surface area contributed by atoms with E-state index in [2.05, 4.69) is 0 Å². The fourth-order valence-electron chi connectivity index (χ4n) is 2.01. The van der Waals surface area contributed by atoms with Gasteiger partial charge in [-0.1, -0.05) is 41.4 Å². The lowest BCUT2D eigenvalue weighted by Gasteiger charge is -2.12. The molecule has 2 aromatic rings. The van der Waals surface area contributed by atoms with Gasteiger partial charge in [-0.25, -0.2) is 0 Å². The van der Waals surface area contributed by atoms with Crippen LogP contribution in [0.3, 0.4) is 0 Å². The molecule has 0 fully saturated rings. The predicted octanol–water partition coefficient (Wildman–Crippen LogP) is 5.08. The molecule has 2 rings (SSSR count). The Balaban J connectivity index is 2.47. The second-order valence-electron chi connectivity index (χ2n) is 4.61. The number of hydrogen-bond donors (Lipinski definition) is 1. The van der Waals surface area contributed by atoms with E-state index >= 15 is 0 Å². The fraction of sp³-hybridized carbons (Fsp3) is 0.250. The Morgan fingerprint density at radius 1 is 1.15 bits per heavy atom. The SMILES string of the molecule is CCOc1cc(Cl)c(-c2cccc(C(C)N)c2)cc1Cl. The van der Waals surface area contributed by atoms with Gasteiger partial charge >= 0.3 is 0 Å². The van der Waals surface area contributed by atoms with Crippen molar-refractivity contribution in [3.63, 3.8) is 0 Å². The van der Waals surface area contributed by atoms with Crippen LogP contribution in [0.1, 0.15) is 25.5 Å². The Labute approximate surface area is 129 Å². The van der Waals surface area contributed by atoms with Crippen LogP contribution in [-0.4, -0.2) is 6.61 Å². The van der Waals surface area contributed by atoms with Gasteiger partial charge in [-0.05, 0) is 37.1 Å². The van der Waals surface area contributed by atoms with Crippen molar-refractivity contribution in [2.75, 3.05) is 6.61 Å². The standard InChI is InChI=1S/C16H17Cl2NO/c1-3-20-16-9-14(17)13(8-15(16)18)12-6-4-5-11(7-12)10(2)19/h4-10H,3,19H2,1-2H3. The number of ether oxygens (including phenoxy) is 1. The molecule has 0 aliphatic rings. The maximum Gasteiger partial charge on any atom is 0.139 e. The Bertz CT molecular complexity index is 611.